The third-order valence-corrected chi connectivity index (χ3v) is 4.24. The molecule has 0 bridgehead atoms. The largest absolute Gasteiger partial charge is 0.462 e. The van der Waals surface area contributed by atoms with Crippen LogP contribution < -0.4 is 11.1 Å². The molecule has 1 aromatic rings. The number of rotatable bonds is 6. The van der Waals surface area contributed by atoms with E-state index in [4.69, 9.17) is 10.5 Å². The number of hydrogen-bond donors (Lipinski definition) is 2. The van der Waals surface area contributed by atoms with Crippen molar-refractivity contribution in [2.75, 3.05) is 11.9 Å². The van der Waals surface area contributed by atoms with Crippen LogP contribution in [0, 0.1) is 0 Å². The van der Waals surface area contributed by atoms with E-state index in [-0.39, 0.29) is 11.9 Å². The summed E-state index contributed by atoms with van der Waals surface area (Å²) in [5, 5.41) is 5.25. The molecular weight excluding hydrogens is 276 g/mol. The lowest BCUT2D eigenvalue weighted by atomic mass is 10.1. The van der Waals surface area contributed by atoms with Crippen molar-refractivity contribution < 1.29 is 14.3 Å². The van der Waals surface area contributed by atoms with Crippen LogP contribution in [-0.2, 0) is 9.53 Å². The van der Waals surface area contributed by atoms with Crippen LogP contribution in [0.5, 0.6) is 0 Å². The summed E-state index contributed by atoms with van der Waals surface area (Å²) >= 11 is 1.37. The maximum atomic E-state index is 12.1. The van der Waals surface area contributed by atoms with Crippen molar-refractivity contribution in [1.29, 1.82) is 0 Å². The van der Waals surface area contributed by atoms with E-state index in [1.165, 1.54) is 11.3 Å². The Morgan fingerprint density at radius 3 is 2.75 bits per heavy atom. The number of hydrogen-bond acceptors (Lipinski definition) is 5. The molecule has 0 unspecified atom stereocenters. The minimum absolute atomic E-state index is 0.262. The molecule has 3 N–H and O–H groups in total. The third-order valence-electron chi connectivity index (χ3n) is 3.33. The molecular formula is C14H20N2O3S. The van der Waals surface area contributed by atoms with E-state index in [0.717, 1.165) is 18.4 Å². The molecule has 1 aliphatic carbocycles. The first-order valence-corrected chi connectivity index (χ1v) is 7.81. The number of carbonyl (C=O) groups is 2. The van der Waals surface area contributed by atoms with Crippen LogP contribution >= 0.6 is 11.3 Å². The van der Waals surface area contributed by atoms with Crippen molar-refractivity contribution in [3.05, 3.63) is 16.5 Å². The van der Waals surface area contributed by atoms with Crippen LogP contribution in [0.3, 0.4) is 0 Å². The van der Waals surface area contributed by atoms with Gasteiger partial charge in [-0.2, -0.15) is 0 Å². The lowest BCUT2D eigenvalue weighted by Gasteiger charge is -2.11. The Balaban J connectivity index is 2.23. The Kier molecular flexibility index (Phi) is 4.77. The maximum absolute atomic E-state index is 12.1. The monoisotopic (exact) mass is 296 g/mol. The molecule has 6 heteroatoms. The summed E-state index contributed by atoms with van der Waals surface area (Å²) in [5.74, 6) is -0.200. The molecule has 0 aliphatic heterocycles. The van der Waals surface area contributed by atoms with E-state index in [1.807, 2.05) is 12.3 Å². The Labute approximate surface area is 122 Å². The number of esters is 1. The zero-order chi connectivity index (χ0) is 14.7. The average molecular weight is 296 g/mol. The fourth-order valence-electron chi connectivity index (χ4n) is 1.96. The number of anilines is 1. The minimum atomic E-state index is -0.559. The van der Waals surface area contributed by atoms with Crippen LogP contribution in [0.1, 0.15) is 54.9 Å². The van der Waals surface area contributed by atoms with Gasteiger partial charge in [-0.1, -0.05) is 6.92 Å². The van der Waals surface area contributed by atoms with Crippen molar-refractivity contribution in [3.8, 4) is 0 Å². The molecule has 5 nitrogen and oxygen atoms in total. The van der Waals surface area contributed by atoms with Crippen molar-refractivity contribution in [2.45, 2.75) is 45.1 Å². The first-order valence-electron chi connectivity index (χ1n) is 6.93. The third kappa shape index (κ3) is 3.19. The Hall–Kier alpha value is -1.40. The lowest BCUT2D eigenvalue weighted by molar-refractivity contribution is -0.117. The van der Waals surface area contributed by atoms with Crippen LogP contribution in [0.25, 0.3) is 0 Å². The molecule has 1 aliphatic rings. The zero-order valence-electron chi connectivity index (χ0n) is 11.8. The van der Waals surface area contributed by atoms with Gasteiger partial charge in [0.1, 0.15) is 5.00 Å². The van der Waals surface area contributed by atoms with E-state index < -0.39 is 6.04 Å². The number of carbonyl (C=O) groups excluding carboxylic acids is 2. The number of amides is 1. The fraction of sp³-hybridized carbons (Fsp3) is 0.571. The molecule has 2 rings (SSSR count). The van der Waals surface area contributed by atoms with Crippen LogP contribution in [0.2, 0.25) is 0 Å². The first-order chi connectivity index (χ1) is 9.58. The highest BCUT2D eigenvalue weighted by molar-refractivity contribution is 7.15. The molecule has 1 aromatic heterocycles. The molecule has 1 saturated carbocycles. The van der Waals surface area contributed by atoms with E-state index in [1.54, 1.807) is 6.92 Å². The van der Waals surface area contributed by atoms with Crippen molar-refractivity contribution in [3.63, 3.8) is 0 Å². The molecule has 0 saturated heterocycles. The summed E-state index contributed by atoms with van der Waals surface area (Å²) in [4.78, 5) is 24.0. The topological polar surface area (TPSA) is 81.4 Å². The van der Waals surface area contributed by atoms with Gasteiger partial charge in [-0.15, -0.1) is 11.3 Å². The summed E-state index contributed by atoms with van der Waals surface area (Å²) in [5.41, 5.74) is 7.21. The van der Waals surface area contributed by atoms with Gasteiger partial charge in [-0.25, -0.2) is 4.79 Å². The van der Waals surface area contributed by atoms with Crippen molar-refractivity contribution in [2.24, 2.45) is 5.73 Å². The predicted molar refractivity (Wildman–Crippen MR) is 79.1 cm³/mol. The average Bonchev–Trinajstić information content (AvgIpc) is 3.19. The maximum Gasteiger partial charge on any atom is 0.341 e. The van der Waals surface area contributed by atoms with Gasteiger partial charge in [0.25, 0.3) is 0 Å². The standard InChI is InChI=1S/C14H20N2O3S/c1-3-10(15)12(17)16-13-11(14(18)19-4-2)9(7-20-13)8-5-6-8/h7-8,10H,3-6,15H2,1-2H3,(H,16,17)/t10-/m1/s1. The van der Waals surface area contributed by atoms with Gasteiger partial charge in [-0.05, 0) is 43.0 Å². The lowest BCUT2D eigenvalue weighted by Crippen LogP contribution is -2.35. The zero-order valence-corrected chi connectivity index (χ0v) is 12.6. The Bertz CT molecular complexity index is 509. The smallest absolute Gasteiger partial charge is 0.341 e. The minimum Gasteiger partial charge on any atom is -0.462 e. The first kappa shape index (κ1) is 15.0. The van der Waals surface area contributed by atoms with Gasteiger partial charge in [0, 0.05) is 0 Å². The Morgan fingerprint density at radius 2 is 2.20 bits per heavy atom. The van der Waals surface area contributed by atoms with Gasteiger partial charge in [0.2, 0.25) is 5.91 Å². The predicted octanol–water partition coefficient (Wildman–Crippen LogP) is 2.48. The molecule has 1 atom stereocenters. The number of ether oxygens (including phenoxy) is 1. The summed E-state index contributed by atoms with van der Waals surface area (Å²) in [6.07, 6.45) is 2.73. The van der Waals surface area contributed by atoms with E-state index >= 15 is 0 Å². The van der Waals surface area contributed by atoms with E-state index in [2.05, 4.69) is 5.32 Å². The highest BCUT2D eigenvalue weighted by Gasteiger charge is 2.32. The highest BCUT2D eigenvalue weighted by atomic mass is 32.1. The van der Waals surface area contributed by atoms with Gasteiger partial charge in [0.15, 0.2) is 0 Å². The SMILES string of the molecule is CCOC(=O)c1c(C2CC2)csc1NC(=O)[C@H](N)CC. The molecule has 1 amide bonds. The van der Waals surface area contributed by atoms with Crippen LogP contribution in [0.4, 0.5) is 5.00 Å². The summed E-state index contributed by atoms with van der Waals surface area (Å²) in [6, 6.07) is -0.559. The second kappa shape index (κ2) is 6.37. The molecule has 0 spiro atoms. The quantitative estimate of drug-likeness (QED) is 0.790. The fourth-order valence-corrected chi connectivity index (χ4v) is 3.00. The number of thiophene rings is 1. The molecule has 20 heavy (non-hydrogen) atoms. The summed E-state index contributed by atoms with van der Waals surface area (Å²) in [6.45, 7) is 3.94. The van der Waals surface area contributed by atoms with E-state index in [0.29, 0.717) is 29.5 Å². The van der Waals surface area contributed by atoms with Gasteiger partial charge in [-0.3, -0.25) is 4.79 Å². The number of nitrogens with two attached hydrogens (primary N) is 1. The van der Waals surface area contributed by atoms with Gasteiger partial charge in [0.05, 0.1) is 18.2 Å². The molecule has 110 valence electrons. The van der Waals surface area contributed by atoms with Crippen molar-refractivity contribution >= 4 is 28.2 Å². The van der Waals surface area contributed by atoms with Gasteiger partial charge >= 0.3 is 5.97 Å². The summed E-state index contributed by atoms with van der Waals surface area (Å²) < 4.78 is 5.10. The molecule has 1 fully saturated rings. The van der Waals surface area contributed by atoms with Crippen molar-refractivity contribution in [1.82, 2.24) is 0 Å². The normalized spacial score (nSPS) is 15.8. The molecule has 0 aromatic carbocycles. The van der Waals surface area contributed by atoms with Crippen LogP contribution in [-0.4, -0.2) is 24.5 Å². The summed E-state index contributed by atoms with van der Waals surface area (Å²) in [7, 11) is 0. The second-order valence-electron chi connectivity index (χ2n) is 4.89. The molecule has 0 radical (unpaired) electrons. The van der Waals surface area contributed by atoms with Gasteiger partial charge < -0.3 is 15.8 Å². The molecule has 1 heterocycles. The second-order valence-corrected chi connectivity index (χ2v) is 5.77. The number of nitrogens with one attached hydrogen (secondary N) is 1. The Morgan fingerprint density at radius 1 is 1.50 bits per heavy atom. The van der Waals surface area contributed by atoms with Crippen LogP contribution in [0.15, 0.2) is 5.38 Å². The highest BCUT2D eigenvalue weighted by Crippen LogP contribution is 2.46. The van der Waals surface area contributed by atoms with E-state index in [9.17, 15) is 9.59 Å².